The quantitative estimate of drug-likeness (QED) is 0.871. The number of rotatable bonds is 5. The van der Waals surface area contributed by atoms with Gasteiger partial charge in [-0.2, -0.15) is 0 Å². The van der Waals surface area contributed by atoms with Gasteiger partial charge >= 0.3 is 0 Å². The third kappa shape index (κ3) is 3.82. The summed E-state index contributed by atoms with van der Waals surface area (Å²) in [5.41, 5.74) is 0.946. The molecule has 0 bridgehead atoms. The number of pyridine rings is 1. The number of aryl methyl sites for hydroxylation is 1. The van der Waals surface area contributed by atoms with E-state index in [0.29, 0.717) is 6.04 Å². The van der Waals surface area contributed by atoms with Gasteiger partial charge in [-0.15, -0.1) is 11.3 Å². The monoisotopic (exact) mass is 262 g/mol. The maximum atomic E-state index is 9.15. The number of aromatic hydroxyl groups is 1. The predicted octanol–water partition coefficient (Wildman–Crippen LogP) is 2.88. The molecule has 18 heavy (non-hydrogen) atoms. The van der Waals surface area contributed by atoms with Crippen molar-refractivity contribution in [3.05, 3.63) is 45.9 Å². The zero-order chi connectivity index (χ0) is 13.0. The fourth-order valence-corrected chi connectivity index (χ4v) is 2.79. The van der Waals surface area contributed by atoms with Crippen molar-refractivity contribution in [1.82, 2.24) is 10.3 Å². The Morgan fingerprint density at radius 3 is 2.78 bits per heavy atom. The fraction of sp³-hybridized carbons (Fsp3) is 0.357. The molecule has 2 N–H and O–H groups in total. The van der Waals surface area contributed by atoms with E-state index in [1.54, 1.807) is 6.07 Å². The van der Waals surface area contributed by atoms with Gasteiger partial charge < -0.3 is 10.4 Å². The molecule has 0 aliphatic heterocycles. The molecule has 0 aliphatic carbocycles. The lowest BCUT2D eigenvalue weighted by molar-refractivity contribution is 0.471. The summed E-state index contributed by atoms with van der Waals surface area (Å²) in [7, 11) is 0. The maximum absolute atomic E-state index is 9.15. The standard InChI is InChI=1S/C14H18N2OS/c1-10(7-14-6-3-11(2)18-14)15-8-12-4-5-13(17)9-16-12/h3-6,9-10,15,17H,7-8H2,1-2H3. The van der Waals surface area contributed by atoms with E-state index in [2.05, 4.69) is 36.3 Å². The third-order valence-electron chi connectivity index (χ3n) is 2.74. The number of hydrogen-bond acceptors (Lipinski definition) is 4. The van der Waals surface area contributed by atoms with Gasteiger partial charge in [-0.25, -0.2) is 0 Å². The first-order chi connectivity index (χ1) is 8.63. The zero-order valence-electron chi connectivity index (χ0n) is 10.7. The van der Waals surface area contributed by atoms with Crippen LogP contribution in [-0.2, 0) is 13.0 Å². The summed E-state index contributed by atoms with van der Waals surface area (Å²) in [5.74, 6) is 0.209. The van der Waals surface area contributed by atoms with Crippen molar-refractivity contribution in [3.63, 3.8) is 0 Å². The molecule has 1 atom stereocenters. The number of aromatic nitrogens is 1. The molecular formula is C14H18N2OS. The van der Waals surface area contributed by atoms with Gasteiger partial charge in [0.15, 0.2) is 0 Å². The average molecular weight is 262 g/mol. The summed E-state index contributed by atoms with van der Waals surface area (Å²) < 4.78 is 0. The first kappa shape index (κ1) is 13.1. The molecule has 0 amide bonds. The molecule has 3 nitrogen and oxygen atoms in total. The Morgan fingerprint density at radius 1 is 1.33 bits per heavy atom. The van der Waals surface area contributed by atoms with Crippen molar-refractivity contribution in [2.24, 2.45) is 0 Å². The molecule has 0 aliphatic rings. The zero-order valence-corrected chi connectivity index (χ0v) is 11.5. The van der Waals surface area contributed by atoms with E-state index in [4.69, 9.17) is 5.11 Å². The highest BCUT2D eigenvalue weighted by atomic mass is 32.1. The molecule has 1 unspecified atom stereocenters. The lowest BCUT2D eigenvalue weighted by Gasteiger charge is -2.12. The van der Waals surface area contributed by atoms with Gasteiger partial charge in [0.1, 0.15) is 5.75 Å². The summed E-state index contributed by atoms with van der Waals surface area (Å²) in [5, 5.41) is 12.6. The smallest absolute Gasteiger partial charge is 0.133 e. The minimum absolute atomic E-state index is 0.209. The van der Waals surface area contributed by atoms with E-state index in [1.165, 1.54) is 16.0 Å². The maximum Gasteiger partial charge on any atom is 0.133 e. The largest absolute Gasteiger partial charge is 0.506 e. The molecule has 2 aromatic rings. The molecular weight excluding hydrogens is 244 g/mol. The van der Waals surface area contributed by atoms with Crippen LogP contribution in [0.2, 0.25) is 0 Å². The topological polar surface area (TPSA) is 45.1 Å². The van der Waals surface area contributed by atoms with Crippen LogP contribution in [0.4, 0.5) is 0 Å². The van der Waals surface area contributed by atoms with Crippen molar-refractivity contribution in [2.45, 2.75) is 32.9 Å². The van der Waals surface area contributed by atoms with E-state index in [9.17, 15) is 0 Å². The fourth-order valence-electron chi connectivity index (χ4n) is 1.77. The van der Waals surface area contributed by atoms with Gasteiger partial charge in [0.2, 0.25) is 0 Å². The summed E-state index contributed by atoms with van der Waals surface area (Å²) in [6.07, 6.45) is 2.51. The van der Waals surface area contributed by atoms with Crippen LogP contribution in [0.5, 0.6) is 5.75 Å². The van der Waals surface area contributed by atoms with Crippen LogP contribution in [-0.4, -0.2) is 16.1 Å². The molecule has 0 radical (unpaired) electrons. The van der Waals surface area contributed by atoms with Crippen molar-refractivity contribution in [3.8, 4) is 5.75 Å². The number of nitrogens with zero attached hydrogens (tertiary/aromatic N) is 1. The summed E-state index contributed by atoms with van der Waals surface area (Å²) in [6.45, 7) is 5.04. The molecule has 2 rings (SSSR count). The highest BCUT2D eigenvalue weighted by molar-refractivity contribution is 7.11. The highest BCUT2D eigenvalue weighted by Gasteiger charge is 2.05. The Balaban J connectivity index is 1.81. The van der Waals surface area contributed by atoms with E-state index < -0.39 is 0 Å². The second-order valence-electron chi connectivity index (χ2n) is 4.51. The van der Waals surface area contributed by atoms with E-state index in [0.717, 1.165) is 18.7 Å². The summed E-state index contributed by atoms with van der Waals surface area (Å²) in [4.78, 5) is 6.92. The summed E-state index contributed by atoms with van der Waals surface area (Å²) in [6, 6.07) is 8.27. The molecule has 2 aromatic heterocycles. The predicted molar refractivity (Wildman–Crippen MR) is 75.0 cm³/mol. The van der Waals surface area contributed by atoms with E-state index in [-0.39, 0.29) is 5.75 Å². The van der Waals surface area contributed by atoms with E-state index >= 15 is 0 Å². The van der Waals surface area contributed by atoms with E-state index in [1.807, 2.05) is 17.4 Å². The Morgan fingerprint density at radius 2 is 2.17 bits per heavy atom. The van der Waals surface area contributed by atoms with Crippen LogP contribution in [0.15, 0.2) is 30.5 Å². The molecule has 0 aromatic carbocycles. The number of hydrogen-bond donors (Lipinski definition) is 2. The molecule has 0 saturated heterocycles. The van der Waals surface area contributed by atoms with Gasteiger partial charge in [-0.1, -0.05) is 0 Å². The molecule has 2 heterocycles. The van der Waals surface area contributed by atoms with Gasteiger partial charge in [0.25, 0.3) is 0 Å². The first-order valence-corrected chi connectivity index (χ1v) is 6.88. The Bertz CT molecular complexity index is 493. The van der Waals surface area contributed by atoms with Crippen LogP contribution in [0.3, 0.4) is 0 Å². The van der Waals surface area contributed by atoms with Crippen molar-refractivity contribution < 1.29 is 5.11 Å². The van der Waals surface area contributed by atoms with Gasteiger partial charge in [-0.05, 0) is 44.5 Å². The first-order valence-electron chi connectivity index (χ1n) is 6.06. The third-order valence-corrected chi connectivity index (χ3v) is 3.77. The lowest BCUT2D eigenvalue weighted by atomic mass is 10.2. The Hall–Kier alpha value is -1.39. The molecule has 0 fully saturated rings. The van der Waals surface area contributed by atoms with Crippen LogP contribution in [0.1, 0.15) is 22.4 Å². The van der Waals surface area contributed by atoms with Gasteiger partial charge in [0.05, 0.1) is 11.9 Å². The number of thiophene rings is 1. The highest BCUT2D eigenvalue weighted by Crippen LogP contribution is 2.16. The Labute approximate surface area is 112 Å². The lowest BCUT2D eigenvalue weighted by Crippen LogP contribution is -2.27. The molecule has 4 heteroatoms. The van der Waals surface area contributed by atoms with Gasteiger partial charge in [0, 0.05) is 22.3 Å². The van der Waals surface area contributed by atoms with Crippen LogP contribution in [0.25, 0.3) is 0 Å². The normalized spacial score (nSPS) is 12.6. The van der Waals surface area contributed by atoms with Crippen LogP contribution >= 0.6 is 11.3 Å². The summed E-state index contributed by atoms with van der Waals surface area (Å²) >= 11 is 1.85. The molecule has 96 valence electrons. The average Bonchev–Trinajstić information content (AvgIpc) is 2.74. The van der Waals surface area contributed by atoms with Gasteiger partial charge in [-0.3, -0.25) is 4.98 Å². The molecule has 0 saturated carbocycles. The van der Waals surface area contributed by atoms with Crippen LogP contribution < -0.4 is 5.32 Å². The van der Waals surface area contributed by atoms with Crippen molar-refractivity contribution in [1.29, 1.82) is 0 Å². The Kier molecular flexibility index (Phi) is 4.33. The SMILES string of the molecule is Cc1ccc(CC(C)NCc2ccc(O)cn2)s1. The number of nitrogens with one attached hydrogen (secondary N) is 1. The van der Waals surface area contributed by atoms with Crippen molar-refractivity contribution in [2.75, 3.05) is 0 Å². The van der Waals surface area contributed by atoms with Crippen molar-refractivity contribution >= 4 is 11.3 Å². The minimum Gasteiger partial charge on any atom is -0.506 e. The second kappa shape index (κ2) is 5.98. The molecule has 0 spiro atoms. The van der Waals surface area contributed by atoms with Crippen LogP contribution in [0, 0.1) is 6.92 Å². The second-order valence-corrected chi connectivity index (χ2v) is 5.88. The minimum atomic E-state index is 0.209.